The molecule has 0 unspecified atom stereocenters. The van der Waals surface area contributed by atoms with Crippen molar-refractivity contribution in [3.05, 3.63) is 59.3 Å². The molecule has 1 fully saturated rings. The molecule has 0 amide bonds. The summed E-state index contributed by atoms with van der Waals surface area (Å²) in [7, 11) is 1.68. The summed E-state index contributed by atoms with van der Waals surface area (Å²) in [6.07, 6.45) is 1.02. The number of rotatable bonds is 8. The monoisotopic (exact) mass is 577 g/mol. The van der Waals surface area contributed by atoms with Crippen molar-refractivity contribution in [1.29, 1.82) is 0 Å². The predicted octanol–water partition coefficient (Wildman–Crippen LogP) is 4.49. The molecule has 1 aromatic carbocycles. The molecule has 10 heteroatoms. The van der Waals surface area contributed by atoms with Crippen molar-refractivity contribution in [1.82, 2.24) is 20.5 Å². The van der Waals surface area contributed by atoms with Crippen molar-refractivity contribution >= 4 is 29.9 Å². The first-order valence-electron chi connectivity index (χ1n) is 10.8. The number of piperidine rings is 1. The first kappa shape index (κ1) is 27.2. The fraction of sp³-hybridized carbons (Fsp3) is 0.478. The average Bonchev–Trinajstić information content (AvgIpc) is 2.80. The zero-order valence-electron chi connectivity index (χ0n) is 18.7. The Morgan fingerprint density at radius 2 is 1.58 bits per heavy atom. The van der Waals surface area contributed by atoms with E-state index in [4.69, 9.17) is 0 Å². The second-order valence-electron chi connectivity index (χ2n) is 7.84. The molecule has 2 N–H and O–H groups in total. The highest BCUT2D eigenvalue weighted by Gasteiger charge is 2.28. The quantitative estimate of drug-likeness (QED) is 0.275. The molecule has 0 saturated carbocycles. The molecule has 33 heavy (non-hydrogen) atoms. The molecule has 3 rings (SSSR count). The van der Waals surface area contributed by atoms with Gasteiger partial charge in [-0.15, -0.1) is 24.0 Å². The maximum absolute atomic E-state index is 12.2. The summed E-state index contributed by atoms with van der Waals surface area (Å²) in [5.74, 6) is 0.567. The van der Waals surface area contributed by atoms with Gasteiger partial charge in [0.2, 0.25) is 5.88 Å². The highest BCUT2D eigenvalue weighted by atomic mass is 127. The van der Waals surface area contributed by atoms with Crippen LogP contribution in [0.3, 0.4) is 0 Å². The van der Waals surface area contributed by atoms with E-state index >= 15 is 0 Å². The van der Waals surface area contributed by atoms with Crippen LogP contribution in [0, 0.1) is 0 Å². The standard InChI is InChI=1S/C23H30F3N5O.HI/c1-27-22(30-15-20-9-10-21(28-14-20)32-17-23(24,25)26)29-13-18-5-7-19(8-6-18)16-31-11-3-2-4-12-31;/h5-10,14H,2-4,11-13,15-17H2,1H3,(H2,27,29,30);1H. The number of guanidine groups is 1. The molecular formula is C23H31F3IN5O. The van der Waals surface area contributed by atoms with Crippen molar-refractivity contribution in [3.8, 4) is 5.88 Å². The lowest BCUT2D eigenvalue weighted by Gasteiger charge is -2.26. The van der Waals surface area contributed by atoms with E-state index in [2.05, 4.69) is 54.5 Å². The van der Waals surface area contributed by atoms with Gasteiger partial charge in [0.25, 0.3) is 0 Å². The van der Waals surface area contributed by atoms with E-state index in [1.165, 1.54) is 50.2 Å². The lowest BCUT2D eigenvalue weighted by atomic mass is 10.1. The summed E-state index contributed by atoms with van der Waals surface area (Å²) in [5, 5.41) is 6.43. The predicted molar refractivity (Wildman–Crippen MR) is 134 cm³/mol. The Morgan fingerprint density at radius 3 is 2.15 bits per heavy atom. The summed E-state index contributed by atoms with van der Waals surface area (Å²) in [5.41, 5.74) is 3.28. The number of halogens is 4. The van der Waals surface area contributed by atoms with Gasteiger partial charge in [0, 0.05) is 38.9 Å². The van der Waals surface area contributed by atoms with Crippen LogP contribution in [0.5, 0.6) is 5.88 Å². The van der Waals surface area contributed by atoms with Gasteiger partial charge in [0.05, 0.1) is 0 Å². The number of benzene rings is 1. The Balaban J connectivity index is 0.00000385. The van der Waals surface area contributed by atoms with Crippen LogP contribution in [0.4, 0.5) is 13.2 Å². The highest BCUT2D eigenvalue weighted by molar-refractivity contribution is 14.0. The molecule has 6 nitrogen and oxygen atoms in total. The summed E-state index contributed by atoms with van der Waals surface area (Å²) >= 11 is 0. The minimum absolute atomic E-state index is 0. The van der Waals surface area contributed by atoms with Crippen molar-refractivity contribution in [2.45, 2.75) is 45.1 Å². The van der Waals surface area contributed by atoms with Crippen LogP contribution in [0.2, 0.25) is 0 Å². The third-order valence-electron chi connectivity index (χ3n) is 5.20. The third-order valence-corrected chi connectivity index (χ3v) is 5.20. The first-order chi connectivity index (χ1) is 15.4. The number of aromatic nitrogens is 1. The molecule has 182 valence electrons. The molecule has 0 bridgehead atoms. The van der Waals surface area contributed by atoms with Crippen LogP contribution in [0.25, 0.3) is 0 Å². The lowest BCUT2D eigenvalue weighted by molar-refractivity contribution is -0.154. The fourth-order valence-electron chi connectivity index (χ4n) is 3.49. The number of aliphatic imine (C=N–C) groups is 1. The largest absolute Gasteiger partial charge is 0.468 e. The highest BCUT2D eigenvalue weighted by Crippen LogP contribution is 2.17. The van der Waals surface area contributed by atoms with Crippen molar-refractivity contribution in [2.24, 2.45) is 4.99 Å². The van der Waals surface area contributed by atoms with Crippen molar-refractivity contribution < 1.29 is 17.9 Å². The first-order valence-corrected chi connectivity index (χ1v) is 10.8. The van der Waals surface area contributed by atoms with Gasteiger partial charge in [-0.25, -0.2) is 4.98 Å². The Labute approximate surface area is 210 Å². The normalized spacial score (nSPS) is 15.0. The molecule has 0 radical (unpaired) electrons. The minimum Gasteiger partial charge on any atom is -0.468 e. The van der Waals surface area contributed by atoms with Crippen LogP contribution >= 0.6 is 24.0 Å². The number of hydrogen-bond acceptors (Lipinski definition) is 4. The number of alkyl halides is 3. The van der Waals surface area contributed by atoms with E-state index in [1.807, 2.05) is 0 Å². The molecule has 0 spiro atoms. The summed E-state index contributed by atoms with van der Waals surface area (Å²) in [4.78, 5) is 10.6. The number of likely N-dealkylation sites (tertiary alicyclic amines) is 1. The molecule has 0 atom stereocenters. The van der Waals surface area contributed by atoms with E-state index in [9.17, 15) is 13.2 Å². The smallest absolute Gasteiger partial charge is 0.422 e. The second kappa shape index (κ2) is 13.6. The van der Waals surface area contributed by atoms with Gasteiger partial charge in [-0.05, 0) is 42.6 Å². The van der Waals surface area contributed by atoms with Gasteiger partial charge in [0.15, 0.2) is 12.6 Å². The number of ether oxygens (including phenoxy) is 1. The van der Waals surface area contributed by atoms with E-state index in [0.29, 0.717) is 19.0 Å². The Bertz CT molecular complexity index is 854. The van der Waals surface area contributed by atoms with Crippen LogP contribution in [-0.2, 0) is 19.6 Å². The molecule has 0 aliphatic carbocycles. The second-order valence-corrected chi connectivity index (χ2v) is 7.84. The number of hydrogen-bond donors (Lipinski definition) is 2. The summed E-state index contributed by atoms with van der Waals surface area (Å²) < 4.78 is 41.2. The zero-order chi connectivity index (χ0) is 22.8. The van der Waals surface area contributed by atoms with Crippen molar-refractivity contribution in [2.75, 3.05) is 26.7 Å². The molecule has 1 aliphatic rings. The number of nitrogens with zero attached hydrogens (tertiary/aromatic N) is 3. The molecule has 1 saturated heterocycles. The van der Waals surface area contributed by atoms with E-state index in [-0.39, 0.29) is 29.9 Å². The molecule has 1 aliphatic heterocycles. The van der Waals surface area contributed by atoms with E-state index in [1.54, 1.807) is 13.1 Å². The molecule has 2 heterocycles. The van der Waals surface area contributed by atoms with Gasteiger partial charge >= 0.3 is 6.18 Å². The van der Waals surface area contributed by atoms with Crippen LogP contribution in [0.1, 0.15) is 36.0 Å². The molecular weight excluding hydrogens is 546 g/mol. The topological polar surface area (TPSA) is 61.8 Å². The van der Waals surface area contributed by atoms with E-state index < -0.39 is 12.8 Å². The maximum atomic E-state index is 12.2. The van der Waals surface area contributed by atoms with Gasteiger partial charge in [-0.3, -0.25) is 9.89 Å². The van der Waals surface area contributed by atoms with Crippen LogP contribution < -0.4 is 15.4 Å². The van der Waals surface area contributed by atoms with Crippen LogP contribution in [-0.4, -0.2) is 48.8 Å². The van der Waals surface area contributed by atoms with Crippen molar-refractivity contribution in [3.63, 3.8) is 0 Å². The van der Waals surface area contributed by atoms with E-state index in [0.717, 1.165) is 17.7 Å². The molecule has 2 aromatic rings. The maximum Gasteiger partial charge on any atom is 0.422 e. The minimum atomic E-state index is -4.38. The van der Waals surface area contributed by atoms with Gasteiger partial charge in [-0.2, -0.15) is 13.2 Å². The van der Waals surface area contributed by atoms with Gasteiger partial charge in [-0.1, -0.05) is 36.8 Å². The summed E-state index contributed by atoms with van der Waals surface area (Å²) in [6.45, 7) is 3.08. The Morgan fingerprint density at radius 1 is 0.970 bits per heavy atom. The fourth-order valence-corrected chi connectivity index (χ4v) is 3.49. The summed E-state index contributed by atoms with van der Waals surface area (Å²) in [6, 6.07) is 11.7. The average molecular weight is 577 g/mol. The molecule has 1 aromatic heterocycles. The van der Waals surface area contributed by atoms with Crippen LogP contribution in [0.15, 0.2) is 47.6 Å². The number of nitrogens with one attached hydrogen (secondary N) is 2. The van der Waals surface area contributed by atoms with Gasteiger partial charge < -0.3 is 15.4 Å². The lowest BCUT2D eigenvalue weighted by Crippen LogP contribution is -2.36. The zero-order valence-corrected chi connectivity index (χ0v) is 21.0. The Kier molecular flexibility index (Phi) is 11.2. The SMILES string of the molecule is CN=C(NCc1ccc(CN2CCCCC2)cc1)NCc1ccc(OCC(F)(F)F)nc1.I. The number of pyridine rings is 1. The Hall–Kier alpha value is -2.08. The third kappa shape index (κ3) is 10.2. The van der Waals surface area contributed by atoms with Gasteiger partial charge in [0.1, 0.15) is 0 Å².